The molecule has 0 aromatic heterocycles. The predicted octanol–water partition coefficient (Wildman–Crippen LogP) is 0.101. The average molecular weight is 142 g/mol. The number of hydrogen-bond acceptors (Lipinski definition) is 3. The normalized spacial score (nSPS) is 18.5. The molecule has 0 saturated carbocycles. The van der Waals surface area contributed by atoms with Gasteiger partial charge in [-0.3, -0.25) is 4.99 Å². The lowest BCUT2D eigenvalue weighted by molar-refractivity contribution is 0.124. The van der Waals surface area contributed by atoms with Gasteiger partial charge < -0.3 is 10.0 Å². The molecule has 0 spiro atoms. The van der Waals surface area contributed by atoms with Gasteiger partial charge in [-0.15, -0.1) is 0 Å². The van der Waals surface area contributed by atoms with Crippen molar-refractivity contribution in [1.82, 2.24) is 4.90 Å². The maximum atomic E-state index is 8.95. The zero-order chi connectivity index (χ0) is 7.61. The third-order valence-corrected chi connectivity index (χ3v) is 1.86. The molecule has 3 nitrogen and oxygen atoms in total. The van der Waals surface area contributed by atoms with Crippen LogP contribution in [0.15, 0.2) is 4.99 Å². The number of hydrogen-bond donors (Lipinski definition) is 1. The lowest BCUT2D eigenvalue weighted by atomic mass is 10.1. The molecule has 0 unspecified atom stereocenters. The van der Waals surface area contributed by atoms with Gasteiger partial charge in [0.1, 0.15) is 0 Å². The van der Waals surface area contributed by atoms with Gasteiger partial charge in [0, 0.05) is 6.54 Å². The number of nitrogens with zero attached hydrogens (tertiary/aromatic N) is 2. The van der Waals surface area contributed by atoms with E-state index in [0.29, 0.717) is 0 Å². The molecule has 3 heteroatoms. The van der Waals surface area contributed by atoms with Gasteiger partial charge in [-0.1, -0.05) is 0 Å². The minimum absolute atomic E-state index is 0.139. The molecule has 0 aromatic rings. The lowest BCUT2D eigenvalue weighted by Gasteiger charge is -2.32. The summed E-state index contributed by atoms with van der Waals surface area (Å²) in [6.07, 6.45) is 1.82. The fourth-order valence-electron chi connectivity index (χ4n) is 0.929. The first-order valence-electron chi connectivity index (χ1n) is 3.54. The Labute approximate surface area is 61.4 Å². The Bertz CT molecular complexity index is 143. The fourth-order valence-corrected chi connectivity index (χ4v) is 0.929. The molecule has 0 amide bonds. The Kier molecular flexibility index (Phi) is 1.94. The molecule has 0 bridgehead atoms. The summed E-state index contributed by atoms with van der Waals surface area (Å²) >= 11 is 0. The van der Waals surface area contributed by atoms with Crippen molar-refractivity contribution in [3.63, 3.8) is 0 Å². The van der Waals surface area contributed by atoms with Crippen LogP contribution in [-0.4, -0.2) is 41.6 Å². The molecule has 58 valence electrons. The SMILES string of the molecule is CC(C)(CO)N1C=NCC1. The lowest BCUT2D eigenvalue weighted by Crippen LogP contribution is -2.44. The Balaban J connectivity index is 2.54. The van der Waals surface area contributed by atoms with Crippen LogP contribution >= 0.6 is 0 Å². The minimum atomic E-state index is -0.139. The second-order valence-corrected chi connectivity index (χ2v) is 3.19. The van der Waals surface area contributed by atoms with Crippen molar-refractivity contribution in [1.29, 1.82) is 0 Å². The molecule has 0 aliphatic carbocycles. The summed E-state index contributed by atoms with van der Waals surface area (Å²) in [6, 6.07) is 0. The maximum absolute atomic E-state index is 8.95. The van der Waals surface area contributed by atoms with Crippen LogP contribution < -0.4 is 0 Å². The molecule has 0 atom stereocenters. The van der Waals surface area contributed by atoms with Crippen LogP contribution in [0, 0.1) is 0 Å². The number of aliphatic hydroxyl groups excluding tert-OH is 1. The summed E-state index contributed by atoms with van der Waals surface area (Å²) in [5.41, 5.74) is -0.139. The molecule has 1 heterocycles. The largest absolute Gasteiger partial charge is 0.394 e. The first-order valence-corrected chi connectivity index (χ1v) is 3.54. The van der Waals surface area contributed by atoms with E-state index in [1.807, 2.05) is 20.2 Å². The van der Waals surface area contributed by atoms with Crippen molar-refractivity contribution >= 4 is 6.34 Å². The molecule has 1 aliphatic rings. The number of aliphatic imine (C=N–C) groups is 1. The van der Waals surface area contributed by atoms with Crippen LogP contribution in [0.2, 0.25) is 0 Å². The van der Waals surface area contributed by atoms with Crippen molar-refractivity contribution in [3.05, 3.63) is 0 Å². The highest BCUT2D eigenvalue weighted by Crippen LogP contribution is 2.13. The van der Waals surface area contributed by atoms with E-state index in [1.54, 1.807) is 0 Å². The van der Waals surface area contributed by atoms with Crippen LogP contribution in [0.1, 0.15) is 13.8 Å². The highest BCUT2D eigenvalue weighted by Gasteiger charge is 2.24. The second-order valence-electron chi connectivity index (χ2n) is 3.19. The highest BCUT2D eigenvalue weighted by molar-refractivity contribution is 5.58. The molecule has 10 heavy (non-hydrogen) atoms. The van der Waals surface area contributed by atoms with Gasteiger partial charge in [-0.25, -0.2) is 0 Å². The Morgan fingerprint density at radius 1 is 1.70 bits per heavy atom. The summed E-state index contributed by atoms with van der Waals surface area (Å²) in [6.45, 7) is 5.99. The molecule has 1 N–H and O–H groups in total. The van der Waals surface area contributed by atoms with Gasteiger partial charge in [-0.05, 0) is 13.8 Å². The second kappa shape index (κ2) is 2.58. The molecule has 0 fully saturated rings. The molecule has 0 saturated heterocycles. The average Bonchev–Trinajstić information content (AvgIpc) is 2.38. The Morgan fingerprint density at radius 2 is 2.40 bits per heavy atom. The summed E-state index contributed by atoms with van der Waals surface area (Å²) in [5, 5.41) is 8.95. The third kappa shape index (κ3) is 1.29. The highest BCUT2D eigenvalue weighted by atomic mass is 16.3. The molecule has 0 radical (unpaired) electrons. The Morgan fingerprint density at radius 3 is 2.80 bits per heavy atom. The van der Waals surface area contributed by atoms with Gasteiger partial charge in [0.25, 0.3) is 0 Å². The zero-order valence-corrected chi connectivity index (χ0v) is 6.54. The predicted molar refractivity (Wildman–Crippen MR) is 41.2 cm³/mol. The van der Waals surface area contributed by atoms with Crippen LogP contribution in [0.4, 0.5) is 0 Å². The van der Waals surface area contributed by atoms with E-state index in [1.165, 1.54) is 0 Å². The first-order chi connectivity index (χ1) is 4.67. The molecular formula is C7H14N2O. The van der Waals surface area contributed by atoms with Crippen LogP contribution in [0.5, 0.6) is 0 Å². The first kappa shape index (κ1) is 7.54. The summed E-state index contributed by atoms with van der Waals surface area (Å²) in [7, 11) is 0. The quantitative estimate of drug-likeness (QED) is 0.593. The van der Waals surface area contributed by atoms with E-state index in [-0.39, 0.29) is 12.1 Å². The smallest absolute Gasteiger partial charge is 0.0856 e. The maximum Gasteiger partial charge on any atom is 0.0856 e. The van der Waals surface area contributed by atoms with E-state index < -0.39 is 0 Å². The van der Waals surface area contributed by atoms with Crippen LogP contribution in [0.25, 0.3) is 0 Å². The van der Waals surface area contributed by atoms with Crippen LogP contribution in [0.3, 0.4) is 0 Å². The van der Waals surface area contributed by atoms with Gasteiger partial charge >= 0.3 is 0 Å². The van der Waals surface area contributed by atoms with Gasteiger partial charge in [-0.2, -0.15) is 0 Å². The van der Waals surface area contributed by atoms with E-state index in [9.17, 15) is 0 Å². The van der Waals surface area contributed by atoms with E-state index in [0.717, 1.165) is 13.1 Å². The zero-order valence-electron chi connectivity index (χ0n) is 6.54. The fraction of sp³-hybridized carbons (Fsp3) is 0.857. The standard InChI is InChI=1S/C7H14N2O/c1-7(2,5-10)9-4-3-8-6-9/h6,10H,3-5H2,1-2H3. The van der Waals surface area contributed by atoms with Gasteiger partial charge in [0.15, 0.2) is 0 Å². The van der Waals surface area contributed by atoms with Crippen molar-refractivity contribution < 1.29 is 5.11 Å². The van der Waals surface area contributed by atoms with Gasteiger partial charge in [0.2, 0.25) is 0 Å². The van der Waals surface area contributed by atoms with Crippen molar-refractivity contribution in [2.75, 3.05) is 19.7 Å². The summed E-state index contributed by atoms with van der Waals surface area (Å²) in [4.78, 5) is 6.13. The number of rotatable bonds is 2. The van der Waals surface area contributed by atoms with Crippen molar-refractivity contribution in [3.8, 4) is 0 Å². The molecular weight excluding hydrogens is 128 g/mol. The van der Waals surface area contributed by atoms with Gasteiger partial charge in [0.05, 0.1) is 25.0 Å². The monoisotopic (exact) mass is 142 g/mol. The Hall–Kier alpha value is -0.570. The van der Waals surface area contributed by atoms with E-state index >= 15 is 0 Å². The number of aliphatic hydroxyl groups is 1. The molecule has 0 aromatic carbocycles. The summed E-state index contributed by atoms with van der Waals surface area (Å²) in [5.74, 6) is 0. The topological polar surface area (TPSA) is 35.8 Å². The molecule has 1 aliphatic heterocycles. The molecule has 1 rings (SSSR count). The van der Waals surface area contributed by atoms with E-state index in [4.69, 9.17) is 5.11 Å². The van der Waals surface area contributed by atoms with Crippen molar-refractivity contribution in [2.45, 2.75) is 19.4 Å². The van der Waals surface area contributed by atoms with E-state index in [2.05, 4.69) is 9.89 Å². The minimum Gasteiger partial charge on any atom is -0.394 e. The summed E-state index contributed by atoms with van der Waals surface area (Å²) < 4.78 is 0. The van der Waals surface area contributed by atoms with Crippen molar-refractivity contribution in [2.24, 2.45) is 4.99 Å². The third-order valence-electron chi connectivity index (χ3n) is 1.86. The van der Waals surface area contributed by atoms with Crippen LogP contribution in [-0.2, 0) is 0 Å².